The quantitative estimate of drug-likeness (QED) is 0.672. The fourth-order valence-corrected chi connectivity index (χ4v) is 4.26. The Morgan fingerprint density at radius 2 is 2.13 bits per heavy atom. The lowest BCUT2D eigenvalue weighted by molar-refractivity contribution is -0.113. The summed E-state index contributed by atoms with van der Waals surface area (Å²) in [5.41, 5.74) is 4.53. The van der Waals surface area contributed by atoms with E-state index in [1.165, 1.54) is 24.2 Å². The normalized spacial score (nSPS) is 22.9. The van der Waals surface area contributed by atoms with E-state index in [1.807, 2.05) is 7.05 Å². The predicted octanol–water partition coefficient (Wildman–Crippen LogP) is 1.83. The molecule has 2 aliphatic heterocycles. The fourth-order valence-electron chi connectivity index (χ4n) is 4.26. The zero-order chi connectivity index (χ0) is 20.7. The van der Waals surface area contributed by atoms with Gasteiger partial charge in [0.2, 0.25) is 0 Å². The van der Waals surface area contributed by atoms with Gasteiger partial charge in [-0.05, 0) is 18.2 Å². The van der Waals surface area contributed by atoms with Crippen LogP contribution < -0.4 is 10.6 Å². The summed E-state index contributed by atoms with van der Waals surface area (Å²) in [5, 5.41) is 17.4. The van der Waals surface area contributed by atoms with Gasteiger partial charge in [-0.25, -0.2) is 4.98 Å². The highest BCUT2D eigenvalue weighted by atomic mass is 19.2. The van der Waals surface area contributed by atoms with Crippen LogP contribution in [0.15, 0.2) is 70.4 Å². The number of hydrogen-bond donors (Lipinski definition) is 3. The van der Waals surface area contributed by atoms with Gasteiger partial charge in [-0.1, -0.05) is 40.1 Å². The van der Waals surface area contributed by atoms with Crippen molar-refractivity contribution in [2.45, 2.75) is 18.4 Å². The Hall–Kier alpha value is -3.59. The molecule has 3 N–H and O–H groups in total. The molecule has 0 saturated heterocycles. The summed E-state index contributed by atoms with van der Waals surface area (Å²) in [6, 6.07) is 8.34. The third kappa shape index (κ3) is 3.03. The van der Waals surface area contributed by atoms with Crippen LogP contribution in [0.1, 0.15) is 28.8 Å². The average Bonchev–Trinajstić information content (AvgIpc) is 3.22. The molecule has 3 aliphatic rings. The van der Waals surface area contributed by atoms with E-state index >= 15 is 0 Å². The molecule has 0 fully saturated rings. The van der Waals surface area contributed by atoms with Crippen molar-refractivity contribution < 1.29 is 9.28 Å². The van der Waals surface area contributed by atoms with E-state index in [-0.39, 0.29) is 35.1 Å². The SMILES string of the molecule is CNCc1ccc(C2C=C3C=NN(F)C4=CC(=O)CNC(=C34)C2c2ncn[nH]2)cc1. The largest absolute Gasteiger partial charge is 0.380 e. The Morgan fingerprint density at radius 1 is 1.30 bits per heavy atom. The van der Waals surface area contributed by atoms with Gasteiger partial charge >= 0.3 is 0 Å². The maximum atomic E-state index is 14.5. The van der Waals surface area contributed by atoms with Crippen LogP contribution in [0.25, 0.3) is 0 Å². The summed E-state index contributed by atoms with van der Waals surface area (Å²) >= 11 is 0. The van der Waals surface area contributed by atoms with Crippen molar-refractivity contribution in [1.29, 1.82) is 0 Å². The minimum atomic E-state index is -0.282. The molecule has 2 unspecified atom stereocenters. The lowest BCUT2D eigenvalue weighted by Gasteiger charge is -2.35. The van der Waals surface area contributed by atoms with Crippen molar-refractivity contribution in [3.8, 4) is 0 Å². The zero-order valence-corrected chi connectivity index (χ0v) is 16.3. The standard InChI is InChI=1S/C21H20FN7O/c1-23-8-12-2-4-13(5-3-12)16-6-14-9-27-29(22)17-7-15(30)10-24-20(18(14)17)19(16)21-25-11-26-28-21/h2-7,9,11,16,19,23-24H,8,10H2,1H3,(H,25,26,28). The second-order valence-corrected chi connectivity index (χ2v) is 7.41. The van der Waals surface area contributed by atoms with E-state index in [2.05, 4.69) is 61.3 Å². The predicted molar refractivity (Wildman–Crippen MR) is 109 cm³/mol. The number of nitrogens with zero attached hydrogens (tertiary/aromatic N) is 4. The number of hydrazone groups is 1. The summed E-state index contributed by atoms with van der Waals surface area (Å²) in [5.74, 6) is 0.0412. The molecule has 5 rings (SSSR count). The van der Waals surface area contributed by atoms with Crippen LogP contribution >= 0.6 is 0 Å². The van der Waals surface area contributed by atoms with Gasteiger partial charge in [-0.2, -0.15) is 5.10 Å². The van der Waals surface area contributed by atoms with Crippen molar-refractivity contribution in [1.82, 2.24) is 31.0 Å². The van der Waals surface area contributed by atoms with Gasteiger partial charge < -0.3 is 10.6 Å². The molecule has 1 aromatic carbocycles. The first-order chi connectivity index (χ1) is 14.7. The smallest absolute Gasteiger partial charge is 0.176 e. The Bertz CT molecular complexity index is 1100. The van der Waals surface area contributed by atoms with Crippen LogP contribution in [0.2, 0.25) is 0 Å². The highest BCUT2D eigenvalue weighted by molar-refractivity contribution is 5.97. The van der Waals surface area contributed by atoms with Gasteiger partial charge in [0, 0.05) is 35.4 Å². The van der Waals surface area contributed by atoms with Crippen LogP contribution in [0.4, 0.5) is 4.48 Å². The molecule has 0 bridgehead atoms. The van der Waals surface area contributed by atoms with Crippen LogP contribution in [-0.2, 0) is 11.3 Å². The number of allylic oxidation sites excluding steroid dienone is 3. The van der Waals surface area contributed by atoms with Crippen molar-refractivity contribution in [3.63, 3.8) is 0 Å². The highest BCUT2D eigenvalue weighted by Gasteiger charge is 2.40. The summed E-state index contributed by atoms with van der Waals surface area (Å²) < 4.78 is 14.5. The lowest BCUT2D eigenvalue weighted by Crippen LogP contribution is -2.32. The number of H-pyrrole nitrogens is 1. The molecular weight excluding hydrogens is 385 g/mol. The third-order valence-corrected chi connectivity index (χ3v) is 5.56. The lowest BCUT2D eigenvalue weighted by atomic mass is 9.74. The number of rotatable bonds is 4. The Morgan fingerprint density at radius 3 is 2.87 bits per heavy atom. The molecule has 2 atom stereocenters. The molecule has 1 aromatic heterocycles. The van der Waals surface area contributed by atoms with Crippen molar-refractivity contribution in [2.24, 2.45) is 5.10 Å². The minimum absolute atomic E-state index is 0.0713. The summed E-state index contributed by atoms with van der Waals surface area (Å²) in [6.45, 7) is 0.853. The molecule has 152 valence electrons. The molecule has 0 radical (unpaired) electrons. The Balaban J connectivity index is 1.67. The second kappa shape index (κ2) is 7.34. The molecule has 9 heteroatoms. The number of halogens is 1. The number of carbonyl (C=O) groups excluding carboxylic acids is 1. The summed E-state index contributed by atoms with van der Waals surface area (Å²) in [4.78, 5) is 16.6. The monoisotopic (exact) mass is 405 g/mol. The van der Waals surface area contributed by atoms with Gasteiger partial charge in [-0.15, -0.1) is 5.10 Å². The van der Waals surface area contributed by atoms with Gasteiger partial charge in [0.15, 0.2) is 5.78 Å². The van der Waals surface area contributed by atoms with Gasteiger partial charge in [-0.3, -0.25) is 9.89 Å². The average molecular weight is 405 g/mol. The topological polar surface area (TPSA) is 98.3 Å². The molecule has 0 saturated carbocycles. The van der Waals surface area contributed by atoms with E-state index in [4.69, 9.17) is 0 Å². The molecule has 2 aromatic rings. The van der Waals surface area contributed by atoms with E-state index in [0.717, 1.165) is 23.4 Å². The summed E-state index contributed by atoms with van der Waals surface area (Å²) in [6.07, 6.45) is 6.29. The van der Waals surface area contributed by atoms with Crippen molar-refractivity contribution in [2.75, 3.05) is 13.6 Å². The third-order valence-electron chi connectivity index (χ3n) is 5.56. The Kier molecular flexibility index (Phi) is 4.51. The number of aromatic nitrogens is 3. The number of aromatic amines is 1. The second-order valence-electron chi connectivity index (χ2n) is 7.41. The first kappa shape index (κ1) is 18.4. The van der Waals surface area contributed by atoms with E-state index in [9.17, 15) is 9.28 Å². The van der Waals surface area contributed by atoms with Crippen LogP contribution in [0.3, 0.4) is 0 Å². The van der Waals surface area contributed by atoms with Crippen LogP contribution in [-0.4, -0.2) is 46.0 Å². The van der Waals surface area contributed by atoms with Crippen LogP contribution in [0.5, 0.6) is 0 Å². The van der Waals surface area contributed by atoms with Gasteiger partial charge in [0.05, 0.1) is 18.7 Å². The van der Waals surface area contributed by atoms with Crippen molar-refractivity contribution >= 4 is 12.0 Å². The maximum absolute atomic E-state index is 14.5. The first-order valence-corrected chi connectivity index (χ1v) is 9.69. The van der Waals surface area contributed by atoms with Crippen molar-refractivity contribution in [3.05, 3.63) is 82.2 Å². The van der Waals surface area contributed by atoms with Gasteiger partial charge in [0.25, 0.3) is 0 Å². The number of nitrogens with one attached hydrogen (secondary N) is 3. The molecule has 0 amide bonds. The van der Waals surface area contributed by atoms with E-state index < -0.39 is 0 Å². The first-order valence-electron chi connectivity index (χ1n) is 9.69. The molecule has 8 nitrogen and oxygen atoms in total. The fraction of sp³-hybridized carbons (Fsp3) is 0.238. The number of ketones is 1. The number of hydrogen-bond acceptors (Lipinski definition) is 7. The molecular formula is C21H20FN7O. The molecule has 30 heavy (non-hydrogen) atoms. The molecule has 3 heterocycles. The molecule has 0 spiro atoms. The summed E-state index contributed by atoms with van der Waals surface area (Å²) in [7, 11) is 1.91. The van der Waals surface area contributed by atoms with Gasteiger partial charge in [0.1, 0.15) is 17.8 Å². The zero-order valence-electron chi connectivity index (χ0n) is 16.3. The number of benzene rings is 1. The van der Waals surface area contributed by atoms with Crippen LogP contribution in [0, 0.1) is 0 Å². The Labute approximate surface area is 172 Å². The van der Waals surface area contributed by atoms with E-state index in [1.54, 1.807) is 0 Å². The van der Waals surface area contributed by atoms with E-state index in [0.29, 0.717) is 11.4 Å². The molecule has 1 aliphatic carbocycles. The maximum Gasteiger partial charge on any atom is 0.176 e. The minimum Gasteiger partial charge on any atom is -0.380 e. The highest BCUT2D eigenvalue weighted by Crippen LogP contribution is 2.47. The number of carbonyl (C=O) groups is 1.